The maximum atomic E-state index is 2.28. The molecule has 0 heterocycles. The molecule has 1 rings (SSSR count). The average molecular weight is 173 g/mol. The van der Waals surface area contributed by atoms with Gasteiger partial charge in [-0.2, -0.15) is 0 Å². The van der Waals surface area contributed by atoms with Gasteiger partial charge in [0.2, 0.25) is 0 Å². The van der Waals surface area contributed by atoms with E-state index in [9.17, 15) is 0 Å². The zero-order valence-electron chi connectivity index (χ0n) is 8.02. The standard InChI is InChI=1S/C13H17/c1-2-4-6-8-10-12-13-11-9-7-5-3-1/h1-6,9,12-13H,7-8,10-11H2/b2-1+,5-3-,6-4+,13-12+. The third kappa shape index (κ3) is 6.15. The molecule has 1 radical (unpaired) electrons. The van der Waals surface area contributed by atoms with Gasteiger partial charge in [0.15, 0.2) is 0 Å². The van der Waals surface area contributed by atoms with E-state index in [1.807, 2.05) is 0 Å². The minimum absolute atomic E-state index is 1.07. The van der Waals surface area contributed by atoms with Gasteiger partial charge in [-0.3, -0.25) is 0 Å². The number of hydrogen-bond acceptors (Lipinski definition) is 0. The average Bonchev–Trinajstić information content (AvgIpc) is 2.18. The molecule has 0 saturated heterocycles. The summed E-state index contributed by atoms with van der Waals surface area (Å²) in [6.07, 6.45) is 24.0. The van der Waals surface area contributed by atoms with E-state index in [1.54, 1.807) is 0 Å². The first-order valence-electron chi connectivity index (χ1n) is 4.95. The molecule has 0 aromatic heterocycles. The van der Waals surface area contributed by atoms with Crippen LogP contribution in [0.15, 0.2) is 48.6 Å². The van der Waals surface area contributed by atoms with Crippen LogP contribution in [0.1, 0.15) is 25.7 Å². The molecule has 0 heteroatoms. The van der Waals surface area contributed by atoms with Crippen molar-refractivity contribution in [3.63, 3.8) is 0 Å². The van der Waals surface area contributed by atoms with E-state index < -0.39 is 0 Å². The molecule has 0 aromatic rings. The Morgan fingerprint density at radius 3 is 2.15 bits per heavy atom. The van der Waals surface area contributed by atoms with Crippen LogP contribution in [-0.4, -0.2) is 0 Å². The summed E-state index contributed by atoms with van der Waals surface area (Å²) in [5.41, 5.74) is 0. The largest absolute Gasteiger partial charge is 0.0882 e. The molecule has 0 amide bonds. The summed E-state index contributed by atoms with van der Waals surface area (Å²) in [5.74, 6) is 0. The molecular formula is C13H17. The van der Waals surface area contributed by atoms with E-state index in [0.717, 1.165) is 25.7 Å². The van der Waals surface area contributed by atoms with Crippen LogP contribution in [0.25, 0.3) is 0 Å². The Kier molecular flexibility index (Phi) is 5.87. The van der Waals surface area contributed by atoms with Gasteiger partial charge < -0.3 is 0 Å². The Labute approximate surface area is 81.4 Å². The molecule has 0 aliphatic heterocycles. The molecule has 0 nitrogen and oxygen atoms in total. The van der Waals surface area contributed by atoms with Crippen LogP contribution in [-0.2, 0) is 0 Å². The van der Waals surface area contributed by atoms with E-state index in [1.165, 1.54) is 0 Å². The van der Waals surface area contributed by atoms with Crippen molar-refractivity contribution in [1.29, 1.82) is 0 Å². The second kappa shape index (κ2) is 7.60. The van der Waals surface area contributed by atoms with Crippen LogP contribution in [0.5, 0.6) is 0 Å². The zero-order valence-corrected chi connectivity index (χ0v) is 8.02. The lowest BCUT2D eigenvalue weighted by molar-refractivity contribution is 1.03. The third-order valence-electron chi connectivity index (χ3n) is 1.88. The van der Waals surface area contributed by atoms with E-state index in [2.05, 4.69) is 55.0 Å². The number of hydrogen-bond donors (Lipinski definition) is 0. The third-order valence-corrected chi connectivity index (χ3v) is 1.88. The van der Waals surface area contributed by atoms with Gasteiger partial charge in [-0.1, -0.05) is 48.6 Å². The molecule has 1 aliphatic rings. The molecule has 0 atom stereocenters. The monoisotopic (exact) mass is 173 g/mol. The summed E-state index contributed by atoms with van der Waals surface area (Å²) >= 11 is 0. The van der Waals surface area contributed by atoms with Gasteiger partial charge in [-0.05, 0) is 32.1 Å². The number of allylic oxidation sites excluding steroid dienone is 8. The first kappa shape index (κ1) is 10.0. The van der Waals surface area contributed by atoms with Gasteiger partial charge >= 0.3 is 0 Å². The van der Waals surface area contributed by atoms with E-state index in [0.29, 0.717) is 0 Å². The quantitative estimate of drug-likeness (QED) is 0.486. The van der Waals surface area contributed by atoms with Crippen molar-refractivity contribution in [2.45, 2.75) is 25.7 Å². The fourth-order valence-electron chi connectivity index (χ4n) is 1.16. The molecule has 0 fully saturated rings. The van der Waals surface area contributed by atoms with Crippen molar-refractivity contribution < 1.29 is 0 Å². The van der Waals surface area contributed by atoms with Crippen molar-refractivity contribution in [2.75, 3.05) is 0 Å². The van der Waals surface area contributed by atoms with Gasteiger partial charge in [0, 0.05) is 0 Å². The van der Waals surface area contributed by atoms with Crippen LogP contribution in [0.4, 0.5) is 0 Å². The first-order chi connectivity index (χ1) is 6.50. The van der Waals surface area contributed by atoms with Crippen LogP contribution in [0.2, 0.25) is 0 Å². The Hall–Kier alpha value is -1.04. The molecule has 0 saturated carbocycles. The lowest BCUT2D eigenvalue weighted by Gasteiger charge is -1.89. The van der Waals surface area contributed by atoms with Gasteiger partial charge in [-0.15, -0.1) is 0 Å². The predicted molar refractivity (Wildman–Crippen MR) is 59.3 cm³/mol. The van der Waals surface area contributed by atoms with Crippen LogP contribution in [0.3, 0.4) is 0 Å². The van der Waals surface area contributed by atoms with Crippen molar-refractivity contribution in [2.24, 2.45) is 0 Å². The molecule has 1 aliphatic carbocycles. The van der Waals surface area contributed by atoms with Crippen molar-refractivity contribution in [3.05, 3.63) is 55.0 Å². The van der Waals surface area contributed by atoms with Crippen molar-refractivity contribution >= 4 is 0 Å². The Bertz CT molecular complexity index is 216. The molecule has 0 unspecified atom stereocenters. The first-order valence-corrected chi connectivity index (χ1v) is 4.95. The lowest BCUT2D eigenvalue weighted by Crippen LogP contribution is -1.70. The summed E-state index contributed by atoms with van der Waals surface area (Å²) in [6.45, 7) is 0. The maximum Gasteiger partial charge on any atom is -0.0311 e. The van der Waals surface area contributed by atoms with Crippen molar-refractivity contribution in [3.8, 4) is 0 Å². The van der Waals surface area contributed by atoms with Gasteiger partial charge in [-0.25, -0.2) is 0 Å². The van der Waals surface area contributed by atoms with Gasteiger partial charge in [0.1, 0.15) is 0 Å². The number of rotatable bonds is 0. The Morgan fingerprint density at radius 1 is 0.538 bits per heavy atom. The molecule has 69 valence electrons. The highest BCUT2D eigenvalue weighted by atomic mass is 13.9. The highest BCUT2D eigenvalue weighted by Crippen LogP contribution is 2.00. The predicted octanol–water partition coefficient (Wildman–Crippen LogP) is 3.99. The SMILES string of the molecule is [CH]1C\C=C/C=C/C=C/CC/C=C/C1. The lowest BCUT2D eigenvalue weighted by atomic mass is 10.2. The van der Waals surface area contributed by atoms with E-state index in [4.69, 9.17) is 0 Å². The van der Waals surface area contributed by atoms with Crippen molar-refractivity contribution in [1.82, 2.24) is 0 Å². The van der Waals surface area contributed by atoms with E-state index in [-0.39, 0.29) is 0 Å². The smallest absolute Gasteiger partial charge is 0.0311 e. The highest BCUT2D eigenvalue weighted by Gasteiger charge is 1.81. The van der Waals surface area contributed by atoms with Crippen LogP contribution >= 0.6 is 0 Å². The van der Waals surface area contributed by atoms with Crippen LogP contribution in [0, 0.1) is 6.42 Å². The molecule has 0 spiro atoms. The minimum atomic E-state index is 1.07. The van der Waals surface area contributed by atoms with E-state index >= 15 is 0 Å². The summed E-state index contributed by atoms with van der Waals surface area (Å²) in [7, 11) is 0. The molecule has 0 bridgehead atoms. The molecule has 13 heavy (non-hydrogen) atoms. The maximum absolute atomic E-state index is 2.28. The summed E-state index contributed by atoms with van der Waals surface area (Å²) < 4.78 is 0. The van der Waals surface area contributed by atoms with Crippen LogP contribution < -0.4 is 0 Å². The van der Waals surface area contributed by atoms with Gasteiger partial charge in [0.25, 0.3) is 0 Å². The second-order valence-electron chi connectivity index (χ2n) is 3.05. The summed E-state index contributed by atoms with van der Waals surface area (Å²) in [5, 5.41) is 0. The Morgan fingerprint density at radius 2 is 1.23 bits per heavy atom. The molecule has 0 N–H and O–H groups in total. The topological polar surface area (TPSA) is 0 Å². The Balaban J connectivity index is 2.38. The molecule has 0 aromatic carbocycles. The highest BCUT2D eigenvalue weighted by molar-refractivity contribution is 5.12. The fraction of sp³-hybridized carbons (Fsp3) is 0.308. The minimum Gasteiger partial charge on any atom is -0.0882 e. The summed E-state index contributed by atoms with van der Waals surface area (Å²) in [4.78, 5) is 0. The molecular weight excluding hydrogens is 156 g/mol. The zero-order chi connectivity index (χ0) is 9.19. The second-order valence-corrected chi connectivity index (χ2v) is 3.05. The normalized spacial score (nSPS) is 28.9. The summed E-state index contributed by atoms with van der Waals surface area (Å²) in [6, 6.07) is 0. The fourth-order valence-corrected chi connectivity index (χ4v) is 1.16. The van der Waals surface area contributed by atoms with Gasteiger partial charge in [0.05, 0.1) is 0 Å².